The van der Waals surface area contributed by atoms with E-state index in [0.717, 1.165) is 0 Å². The summed E-state index contributed by atoms with van der Waals surface area (Å²) in [6, 6.07) is 3.15. The number of aryl methyl sites for hydroxylation is 1. The lowest BCUT2D eigenvalue weighted by Gasteiger charge is -2.04. The molecule has 0 saturated carbocycles. The molecule has 6 heteroatoms. The molecule has 82 valence electrons. The van der Waals surface area contributed by atoms with Crippen molar-refractivity contribution >= 4 is 5.82 Å². The van der Waals surface area contributed by atoms with Crippen LogP contribution in [-0.2, 0) is 0 Å². The molecule has 1 aromatic rings. The van der Waals surface area contributed by atoms with Gasteiger partial charge in [0, 0.05) is 20.0 Å². The molecule has 1 rings (SSSR count). The van der Waals surface area contributed by atoms with Gasteiger partial charge >= 0.3 is 5.82 Å². The van der Waals surface area contributed by atoms with E-state index in [-0.39, 0.29) is 24.8 Å². The van der Waals surface area contributed by atoms with E-state index in [2.05, 4.69) is 4.98 Å². The van der Waals surface area contributed by atoms with E-state index in [9.17, 15) is 10.1 Å². The van der Waals surface area contributed by atoms with Crippen LogP contribution in [0, 0.1) is 17.0 Å². The number of ether oxygens (including phenoxy) is 1. The van der Waals surface area contributed by atoms with Gasteiger partial charge in [0.15, 0.2) is 0 Å². The zero-order chi connectivity index (χ0) is 11.3. The van der Waals surface area contributed by atoms with E-state index < -0.39 is 4.92 Å². The zero-order valence-electron chi connectivity index (χ0n) is 8.34. The molecule has 0 saturated heterocycles. The maximum atomic E-state index is 10.6. The average molecular weight is 212 g/mol. The fourth-order valence-corrected chi connectivity index (χ4v) is 1.02. The molecule has 1 heterocycles. The Hall–Kier alpha value is -1.69. The van der Waals surface area contributed by atoms with Gasteiger partial charge in [-0.15, -0.1) is 0 Å². The topological polar surface area (TPSA) is 85.5 Å². The van der Waals surface area contributed by atoms with Gasteiger partial charge < -0.3 is 20.0 Å². The second-order valence-electron chi connectivity index (χ2n) is 2.96. The van der Waals surface area contributed by atoms with Crippen molar-refractivity contribution in [2.24, 2.45) is 0 Å². The first-order valence-corrected chi connectivity index (χ1v) is 4.51. The number of hydrogen-bond acceptors (Lipinski definition) is 5. The predicted molar refractivity (Wildman–Crippen MR) is 52.8 cm³/mol. The second kappa shape index (κ2) is 5.26. The Morgan fingerprint density at radius 3 is 2.93 bits per heavy atom. The van der Waals surface area contributed by atoms with Crippen LogP contribution in [0.25, 0.3) is 0 Å². The highest BCUT2D eigenvalue weighted by Gasteiger charge is 2.16. The van der Waals surface area contributed by atoms with Crippen LogP contribution in [0.2, 0.25) is 0 Å². The third-order valence-corrected chi connectivity index (χ3v) is 1.71. The fourth-order valence-electron chi connectivity index (χ4n) is 1.02. The molecule has 1 N–H and O–H groups in total. The van der Waals surface area contributed by atoms with Crippen LogP contribution in [0.1, 0.15) is 12.1 Å². The van der Waals surface area contributed by atoms with Gasteiger partial charge in [0.1, 0.15) is 5.69 Å². The van der Waals surface area contributed by atoms with Crippen molar-refractivity contribution in [1.29, 1.82) is 0 Å². The standard InChI is InChI=1S/C9H12N2O4/c1-7-3-4-8(15-6-2-5-12)9(10-7)11(13)14/h3-4,12H,2,5-6H2,1H3. The van der Waals surface area contributed by atoms with Gasteiger partial charge in [0.05, 0.1) is 6.61 Å². The summed E-state index contributed by atoms with van der Waals surface area (Å²) in [5, 5.41) is 19.2. The van der Waals surface area contributed by atoms with E-state index in [4.69, 9.17) is 9.84 Å². The maximum Gasteiger partial charge on any atom is 0.406 e. The lowest BCUT2D eigenvalue weighted by Crippen LogP contribution is -2.04. The lowest BCUT2D eigenvalue weighted by molar-refractivity contribution is -0.390. The van der Waals surface area contributed by atoms with Gasteiger partial charge in [-0.1, -0.05) is 0 Å². The largest absolute Gasteiger partial charge is 0.486 e. The van der Waals surface area contributed by atoms with Crippen molar-refractivity contribution in [3.8, 4) is 5.75 Å². The van der Waals surface area contributed by atoms with Crippen LogP contribution < -0.4 is 4.74 Å². The quantitative estimate of drug-likeness (QED) is 0.448. The minimum absolute atomic E-state index is 0.00686. The van der Waals surface area contributed by atoms with Crippen LogP contribution in [0.15, 0.2) is 12.1 Å². The molecule has 15 heavy (non-hydrogen) atoms. The molecule has 0 spiro atoms. The first-order chi connectivity index (χ1) is 7.15. The number of aliphatic hydroxyl groups is 1. The molecule has 0 aromatic carbocycles. The number of pyridine rings is 1. The number of nitro groups is 1. The molecule has 0 aliphatic rings. The monoisotopic (exact) mass is 212 g/mol. The number of rotatable bonds is 5. The Labute approximate surface area is 86.7 Å². The van der Waals surface area contributed by atoms with Crippen LogP contribution in [0.4, 0.5) is 5.82 Å². The summed E-state index contributed by atoms with van der Waals surface area (Å²) in [5.41, 5.74) is 0.566. The first-order valence-electron chi connectivity index (χ1n) is 4.51. The minimum Gasteiger partial charge on any atom is -0.486 e. The number of nitrogens with zero attached hydrogens (tertiary/aromatic N) is 2. The smallest absolute Gasteiger partial charge is 0.406 e. The minimum atomic E-state index is -0.582. The van der Waals surface area contributed by atoms with E-state index in [0.29, 0.717) is 12.1 Å². The number of hydrogen-bond donors (Lipinski definition) is 1. The van der Waals surface area contributed by atoms with Gasteiger partial charge in [-0.2, -0.15) is 0 Å². The van der Waals surface area contributed by atoms with Crippen LogP contribution >= 0.6 is 0 Å². The van der Waals surface area contributed by atoms with E-state index in [1.165, 1.54) is 6.07 Å². The van der Waals surface area contributed by atoms with Crippen molar-refractivity contribution in [3.05, 3.63) is 27.9 Å². The normalized spacial score (nSPS) is 10.0. The van der Waals surface area contributed by atoms with Crippen molar-refractivity contribution in [2.45, 2.75) is 13.3 Å². The number of aliphatic hydroxyl groups excluding tert-OH is 1. The molecule has 0 atom stereocenters. The van der Waals surface area contributed by atoms with Crippen LogP contribution in [0.3, 0.4) is 0 Å². The van der Waals surface area contributed by atoms with Gasteiger partial charge in [-0.05, 0) is 22.0 Å². The van der Waals surface area contributed by atoms with Crippen molar-refractivity contribution in [2.75, 3.05) is 13.2 Å². The highest BCUT2D eigenvalue weighted by atomic mass is 16.6. The molecule has 1 aromatic heterocycles. The molecular weight excluding hydrogens is 200 g/mol. The van der Waals surface area contributed by atoms with Crippen molar-refractivity contribution in [1.82, 2.24) is 4.98 Å². The molecule has 6 nitrogen and oxygen atoms in total. The lowest BCUT2D eigenvalue weighted by atomic mass is 10.3. The molecule has 0 radical (unpaired) electrons. The summed E-state index contributed by atoms with van der Waals surface area (Å²) in [4.78, 5) is 13.8. The van der Waals surface area contributed by atoms with Gasteiger partial charge in [0.2, 0.25) is 5.75 Å². The van der Waals surface area contributed by atoms with Crippen LogP contribution in [0.5, 0.6) is 5.75 Å². The van der Waals surface area contributed by atoms with Gasteiger partial charge in [-0.25, -0.2) is 0 Å². The molecule has 0 bridgehead atoms. The third-order valence-electron chi connectivity index (χ3n) is 1.71. The Morgan fingerprint density at radius 1 is 1.60 bits per heavy atom. The summed E-state index contributed by atoms with van der Waals surface area (Å²) in [6.07, 6.45) is 0.436. The molecule has 0 aliphatic heterocycles. The molecule has 0 amide bonds. The van der Waals surface area contributed by atoms with Gasteiger partial charge in [0.25, 0.3) is 0 Å². The van der Waals surface area contributed by atoms with Crippen molar-refractivity contribution in [3.63, 3.8) is 0 Å². The Balaban J connectivity index is 2.81. The summed E-state index contributed by atoms with van der Waals surface area (Å²) in [7, 11) is 0. The van der Waals surface area contributed by atoms with Crippen LogP contribution in [-0.4, -0.2) is 28.2 Å². The molecule has 0 unspecified atom stereocenters. The molecular formula is C9H12N2O4. The Kier molecular flexibility index (Phi) is 3.99. The summed E-state index contributed by atoms with van der Waals surface area (Å²) >= 11 is 0. The SMILES string of the molecule is Cc1ccc(OCCCO)c([N+](=O)[O-])n1. The Morgan fingerprint density at radius 2 is 2.33 bits per heavy atom. The predicted octanol–water partition coefficient (Wildman–Crippen LogP) is 1.06. The molecule has 0 fully saturated rings. The molecule has 0 aliphatic carbocycles. The zero-order valence-corrected chi connectivity index (χ0v) is 8.34. The summed E-state index contributed by atoms with van der Waals surface area (Å²) < 4.78 is 5.13. The summed E-state index contributed by atoms with van der Waals surface area (Å²) in [5.74, 6) is -0.146. The third kappa shape index (κ3) is 3.17. The van der Waals surface area contributed by atoms with E-state index >= 15 is 0 Å². The summed E-state index contributed by atoms with van der Waals surface area (Å²) in [6.45, 7) is 1.90. The Bertz CT molecular complexity index is 354. The highest BCUT2D eigenvalue weighted by Crippen LogP contribution is 2.24. The van der Waals surface area contributed by atoms with Gasteiger partial charge in [-0.3, -0.25) is 0 Å². The van der Waals surface area contributed by atoms with E-state index in [1.54, 1.807) is 13.0 Å². The average Bonchev–Trinajstić information content (AvgIpc) is 2.20. The fraction of sp³-hybridized carbons (Fsp3) is 0.444. The number of aromatic nitrogens is 1. The first kappa shape index (κ1) is 11.4. The van der Waals surface area contributed by atoms with E-state index in [1.807, 2.05) is 0 Å². The van der Waals surface area contributed by atoms with Crippen molar-refractivity contribution < 1.29 is 14.8 Å². The highest BCUT2D eigenvalue weighted by molar-refractivity contribution is 5.40. The maximum absolute atomic E-state index is 10.6. The second-order valence-corrected chi connectivity index (χ2v) is 2.96.